The minimum absolute atomic E-state index is 0.00677. The van der Waals surface area contributed by atoms with Crippen molar-refractivity contribution in [3.05, 3.63) is 39.3 Å². The molecule has 0 amide bonds. The first-order valence-corrected chi connectivity index (χ1v) is 9.33. The van der Waals surface area contributed by atoms with E-state index in [2.05, 4.69) is 4.72 Å². The molecule has 0 unspecified atom stereocenters. The standard InChI is InChI=1S/C15H14Cl3NO5S/c1-22-10-4-5-13(15(18)14(10)17)25(20,21)19-9-7-11(23-2)8(16)6-12(9)24-3/h4-7,19H,1-3H3. The van der Waals surface area contributed by atoms with E-state index in [1.54, 1.807) is 0 Å². The molecule has 0 atom stereocenters. The topological polar surface area (TPSA) is 73.9 Å². The highest BCUT2D eigenvalue weighted by Gasteiger charge is 2.24. The lowest BCUT2D eigenvalue weighted by Crippen LogP contribution is -2.14. The number of halogens is 3. The van der Waals surface area contributed by atoms with Crippen molar-refractivity contribution in [2.45, 2.75) is 4.90 Å². The van der Waals surface area contributed by atoms with Crippen molar-refractivity contribution in [3.8, 4) is 17.2 Å². The summed E-state index contributed by atoms with van der Waals surface area (Å²) in [5, 5.41) is 0.105. The third kappa shape index (κ3) is 4.00. The fraction of sp³-hybridized carbons (Fsp3) is 0.200. The number of ether oxygens (including phenoxy) is 3. The first-order valence-electron chi connectivity index (χ1n) is 6.71. The maximum Gasteiger partial charge on any atom is 0.263 e. The molecule has 0 heterocycles. The van der Waals surface area contributed by atoms with Crippen LogP contribution in [0.5, 0.6) is 17.2 Å². The van der Waals surface area contributed by atoms with Gasteiger partial charge in [-0.15, -0.1) is 0 Å². The minimum Gasteiger partial charge on any atom is -0.495 e. The molecule has 136 valence electrons. The van der Waals surface area contributed by atoms with Crippen LogP contribution in [0.3, 0.4) is 0 Å². The van der Waals surface area contributed by atoms with E-state index in [1.165, 1.54) is 45.6 Å². The molecule has 10 heteroatoms. The van der Waals surface area contributed by atoms with Crippen LogP contribution in [0, 0.1) is 0 Å². The molecule has 25 heavy (non-hydrogen) atoms. The number of rotatable bonds is 6. The third-order valence-corrected chi connectivity index (χ3v) is 5.92. The van der Waals surface area contributed by atoms with Gasteiger partial charge in [0, 0.05) is 12.1 Å². The Morgan fingerprint density at radius 3 is 2.00 bits per heavy atom. The van der Waals surface area contributed by atoms with Crippen LogP contribution in [0.25, 0.3) is 0 Å². The van der Waals surface area contributed by atoms with Gasteiger partial charge in [0.2, 0.25) is 0 Å². The van der Waals surface area contributed by atoms with E-state index in [0.29, 0.717) is 0 Å². The number of methoxy groups -OCH3 is 3. The molecule has 0 aliphatic carbocycles. The quantitative estimate of drug-likeness (QED) is 0.737. The molecule has 0 radical (unpaired) electrons. The van der Waals surface area contributed by atoms with Crippen molar-refractivity contribution in [3.63, 3.8) is 0 Å². The lowest BCUT2D eigenvalue weighted by atomic mass is 10.3. The molecule has 6 nitrogen and oxygen atoms in total. The molecule has 2 aromatic carbocycles. The number of hydrogen-bond donors (Lipinski definition) is 1. The van der Waals surface area contributed by atoms with E-state index in [-0.39, 0.29) is 42.9 Å². The average Bonchev–Trinajstić information content (AvgIpc) is 2.57. The van der Waals surface area contributed by atoms with E-state index in [9.17, 15) is 8.42 Å². The van der Waals surface area contributed by atoms with Crippen molar-refractivity contribution >= 4 is 50.5 Å². The highest BCUT2D eigenvalue weighted by Crippen LogP contribution is 2.40. The summed E-state index contributed by atoms with van der Waals surface area (Å²) in [7, 11) is 0.126. The normalized spacial score (nSPS) is 11.1. The van der Waals surface area contributed by atoms with Crippen molar-refractivity contribution in [2.24, 2.45) is 0 Å². The van der Waals surface area contributed by atoms with E-state index in [0.717, 1.165) is 0 Å². The Morgan fingerprint density at radius 1 is 0.840 bits per heavy atom. The van der Waals surface area contributed by atoms with Crippen LogP contribution in [0.1, 0.15) is 0 Å². The third-order valence-electron chi connectivity index (χ3n) is 3.24. The maximum absolute atomic E-state index is 12.7. The van der Waals surface area contributed by atoms with Crippen molar-refractivity contribution < 1.29 is 22.6 Å². The van der Waals surface area contributed by atoms with Crippen LogP contribution in [-0.2, 0) is 10.0 Å². The smallest absolute Gasteiger partial charge is 0.263 e. The fourth-order valence-electron chi connectivity index (χ4n) is 2.02. The first-order chi connectivity index (χ1) is 11.7. The molecule has 0 saturated heterocycles. The van der Waals surface area contributed by atoms with Gasteiger partial charge in [-0.05, 0) is 12.1 Å². The molecular formula is C15H14Cl3NO5S. The summed E-state index contributed by atoms with van der Waals surface area (Å²) >= 11 is 18.1. The van der Waals surface area contributed by atoms with Gasteiger partial charge in [-0.3, -0.25) is 4.72 Å². The number of anilines is 1. The van der Waals surface area contributed by atoms with Gasteiger partial charge in [-0.1, -0.05) is 34.8 Å². The largest absolute Gasteiger partial charge is 0.495 e. The second kappa shape index (κ2) is 7.78. The summed E-state index contributed by atoms with van der Waals surface area (Å²) in [6.07, 6.45) is 0. The number of sulfonamides is 1. The van der Waals surface area contributed by atoms with Crippen LogP contribution < -0.4 is 18.9 Å². The molecule has 0 bridgehead atoms. The Hall–Kier alpha value is -1.54. The van der Waals surface area contributed by atoms with Gasteiger partial charge in [0.15, 0.2) is 0 Å². The zero-order chi connectivity index (χ0) is 18.8. The monoisotopic (exact) mass is 425 g/mol. The summed E-state index contributed by atoms with van der Waals surface area (Å²) in [6, 6.07) is 5.52. The first kappa shape index (κ1) is 19.8. The Bertz CT molecular complexity index is 903. The second-order valence-electron chi connectivity index (χ2n) is 4.69. The Labute approximate surface area is 160 Å². The summed E-state index contributed by atoms with van der Waals surface area (Å²) < 4.78 is 43.0. The zero-order valence-electron chi connectivity index (χ0n) is 13.4. The Kier molecular flexibility index (Phi) is 6.16. The molecule has 2 rings (SSSR count). The second-order valence-corrected chi connectivity index (χ2v) is 7.50. The molecule has 0 spiro atoms. The molecule has 1 N–H and O–H groups in total. The lowest BCUT2D eigenvalue weighted by molar-refractivity contribution is 0.405. The predicted octanol–water partition coefficient (Wildman–Crippen LogP) is 4.47. The van der Waals surface area contributed by atoms with E-state index in [1.807, 2.05) is 0 Å². The summed E-state index contributed by atoms with van der Waals surface area (Å²) in [4.78, 5) is -0.212. The van der Waals surface area contributed by atoms with Gasteiger partial charge < -0.3 is 14.2 Å². The molecule has 0 fully saturated rings. The molecule has 2 aromatic rings. The molecule has 0 aliphatic rings. The number of benzene rings is 2. The number of nitrogens with one attached hydrogen (secondary N) is 1. The number of hydrogen-bond acceptors (Lipinski definition) is 5. The van der Waals surface area contributed by atoms with Gasteiger partial charge in [0.25, 0.3) is 10.0 Å². The molecule has 0 aliphatic heterocycles. The fourth-order valence-corrected chi connectivity index (χ4v) is 4.15. The van der Waals surface area contributed by atoms with Gasteiger partial charge in [-0.2, -0.15) is 0 Å². The average molecular weight is 427 g/mol. The highest BCUT2D eigenvalue weighted by molar-refractivity contribution is 7.92. The molecular weight excluding hydrogens is 413 g/mol. The Morgan fingerprint density at radius 2 is 1.44 bits per heavy atom. The maximum atomic E-state index is 12.7. The van der Waals surface area contributed by atoms with E-state index >= 15 is 0 Å². The van der Waals surface area contributed by atoms with Crippen LogP contribution in [0.4, 0.5) is 5.69 Å². The predicted molar refractivity (Wildman–Crippen MR) is 98.4 cm³/mol. The van der Waals surface area contributed by atoms with Crippen molar-refractivity contribution in [1.29, 1.82) is 0 Å². The van der Waals surface area contributed by atoms with Crippen LogP contribution >= 0.6 is 34.8 Å². The summed E-state index contributed by atoms with van der Waals surface area (Å²) in [5.41, 5.74) is 0.131. The van der Waals surface area contributed by atoms with Gasteiger partial charge in [-0.25, -0.2) is 8.42 Å². The van der Waals surface area contributed by atoms with Crippen molar-refractivity contribution in [2.75, 3.05) is 26.1 Å². The van der Waals surface area contributed by atoms with Gasteiger partial charge in [0.1, 0.15) is 27.2 Å². The van der Waals surface area contributed by atoms with Crippen LogP contribution in [-0.4, -0.2) is 29.7 Å². The van der Waals surface area contributed by atoms with E-state index in [4.69, 9.17) is 49.0 Å². The summed E-state index contributed by atoms with van der Waals surface area (Å²) in [5.74, 6) is 0.750. The Balaban J connectivity index is 2.51. The highest BCUT2D eigenvalue weighted by atomic mass is 35.5. The van der Waals surface area contributed by atoms with Crippen LogP contribution in [0.15, 0.2) is 29.2 Å². The van der Waals surface area contributed by atoms with Crippen LogP contribution in [0.2, 0.25) is 15.1 Å². The van der Waals surface area contributed by atoms with Crippen molar-refractivity contribution in [1.82, 2.24) is 0 Å². The van der Waals surface area contributed by atoms with Gasteiger partial charge >= 0.3 is 0 Å². The zero-order valence-corrected chi connectivity index (χ0v) is 16.5. The summed E-state index contributed by atoms with van der Waals surface area (Å²) in [6.45, 7) is 0. The van der Waals surface area contributed by atoms with Gasteiger partial charge in [0.05, 0.1) is 37.1 Å². The lowest BCUT2D eigenvalue weighted by Gasteiger charge is -2.15. The molecule has 0 saturated carbocycles. The van der Waals surface area contributed by atoms with E-state index < -0.39 is 10.0 Å². The molecule has 0 aromatic heterocycles. The minimum atomic E-state index is -4.06. The SMILES string of the molecule is COc1cc(NS(=O)(=O)c2ccc(OC)c(Cl)c2Cl)c(OC)cc1Cl.